The predicted octanol–water partition coefficient (Wildman–Crippen LogP) is 3.85. The number of carbonyl (C=O) groups is 1. The number of nitrogens with one attached hydrogen (secondary N) is 1. The van der Waals surface area contributed by atoms with Gasteiger partial charge in [-0.1, -0.05) is 48.0 Å². The van der Waals surface area contributed by atoms with E-state index in [0.29, 0.717) is 10.8 Å². The van der Waals surface area contributed by atoms with Crippen LogP contribution in [0.3, 0.4) is 0 Å². The number of pyridine rings is 1. The van der Waals surface area contributed by atoms with Gasteiger partial charge in [0.25, 0.3) is 0 Å². The van der Waals surface area contributed by atoms with Gasteiger partial charge in [0.1, 0.15) is 5.82 Å². The number of aromatic nitrogens is 1. The molecular weight excluding hydrogens is 322 g/mol. The summed E-state index contributed by atoms with van der Waals surface area (Å²) in [6, 6.07) is 13.6. The van der Waals surface area contributed by atoms with Crippen LogP contribution in [-0.4, -0.2) is 34.9 Å². The summed E-state index contributed by atoms with van der Waals surface area (Å²) in [4.78, 5) is 18.7. The minimum absolute atomic E-state index is 0.0543. The van der Waals surface area contributed by atoms with E-state index in [1.54, 1.807) is 12.1 Å². The molecule has 5 heteroatoms. The summed E-state index contributed by atoms with van der Waals surface area (Å²) in [5.41, 5.74) is 2.61. The fourth-order valence-corrected chi connectivity index (χ4v) is 2.91. The van der Waals surface area contributed by atoms with Crippen LogP contribution in [0.2, 0.25) is 5.02 Å². The number of carbonyl (C=O) groups excluding carboxylic acids is 1. The Kier molecular flexibility index (Phi) is 5.28. The lowest BCUT2D eigenvalue weighted by Gasteiger charge is -2.31. The van der Waals surface area contributed by atoms with Crippen LogP contribution >= 0.6 is 11.6 Å². The second-order valence-corrected chi connectivity index (χ2v) is 6.30. The first-order valence-corrected chi connectivity index (χ1v) is 8.42. The number of anilines is 1. The molecule has 0 fully saturated rings. The number of amides is 1. The summed E-state index contributed by atoms with van der Waals surface area (Å²) in [6.07, 6.45) is 4.68. The molecule has 2 heterocycles. The predicted molar refractivity (Wildman–Crippen MR) is 97.9 cm³/mol. The van der Waals surface area contributed by atoms with Gasteiger partial charge in [-0.3, -0.25) is 9.69 Å². The van der Waals surface area contributed by atoms with E-state index in [2.05, 4.69) is 45.5 Å². The van der Waals surface area contributed by atoms with E-state index in [9.17, 15) is 4.79 Å². The summed E-state index contributed by atoms with van der Waals surface area (Å²) in [5.74, 6) is 0.468. The topological polar surface area (TPSA) is 45.2 Å². The monoisotopic (exact) mass is 341 g/mol. The highest BCUT2D eigenvalue weighted by Gasteiger charge is 2.23. The minimum atomic E-state index is -0.212. The van der Waals surface area contributed by atoms with Gasteiger partial charge in [-0.25, -0.2) is 4.98 Å². The Labute approximate surface area is 147 Å². The van der Waals surface area contributed by atoms with Gasteiger partial charge >= 0.3 is 0 Å². The molecular formula is C19H20ClN3O. The van der Waals surface area contributed by atoms with Crippen LogP contribution in [0.15, 0.2) is 54.7 Å². The Morgan fingerprint density at radius 1 is 1.25 bits per heavy atom. The zero-order valence-electron chi connectivity index (χ0n) is 13.6. The van der Waals surface area contributed by atoms with Crippen molar-refractivity contribution in [2.45, 2.75) is 19.4 Å². The molecule has 0 saturated heterocycles. The maximum atomic E-state index is 12.4. The summed E-state index contributed by atoms with van der Waals surface area (Å²) in [6.45, 7) is 3.56. The largest absolute Gasteiger partial charge is 0.309 e. The number of hydrogen-bond donors (Lipinski definition) is 1. The van der Waals surface area contributed by atoms with Gasteiger partial charge in [-0.15, -0.1) is 0 Å². The van der Waals surface area contributed by atoms with Crippen LogP contribution in [0.1, 0.15) is 18.9 Å². The van der Waals surface area contributed by atoms with Gasteiger partial charge < -0.3 is 5.32 Å². The van der Waals surface area contributed by atoms with Crippen molar-refractivity contribution in [1.29, 1.82) is 0 Å². The Morgan fingerprint density at radius 3 is 2.67 bits per heavy atom. The molecule has 1 N–H and O–H groups in total. The highest BCUT2D eigenvalue weighted by molar-refractivity contribution is 6.30. The van der Waals surface area contributed by atoms with Crippen molar-refractivity contribution < 1.29 is 4.79 Å². The van der Waals surface area contributed by atoms with Crippen LogP contribution < -0.4 is 5.32 Å². The van der Waals surface area contributed by atoms with Crippen LogP contribution in [0.25, 0.3) is 5.57 Å². The Morgan fingerprint density at radius 2 is 2.04 bits per heavy atom. The van der Waals surface area contributed by atoms with Gasteiger partial charge in [-0.2, -0.15) is 0 Å². The third-order valence-corrected chi connectivity index (χ3v) is 4.51. The van der Waals surface area contributed by atoms with E-state index >= 15 is 0 Å². The minimum Gasteiger partial charge on any atom is -0.309 e. The highest BCUT2D eigenvalue weighted by Crippen LogP contribution is 2.23. The molecule has 4 nitrogen and oxygen atoms in total. The molecule has 1 aliphatic heterocycles. The second kappa shape index (κ2) is 7.60. The summed E-state index contributed by atoms with van der Waals surface area (Å²) in [5, 5.41) is 3.39. The molecule has 1 amide bonds. The van der Waals surface area contributed by atoms with E-state index in [-0.39, 0.29) is 11.9 Å². The second-order valence-electron chi connectivity index (χ2n) is 5.87. The van der Waals surface area contributed by atoms with Gasteiger partial charge in [-0.05, 0) is 36.6 Å². The number of benzene rings is 1. The van der Waals surface area contributed by atoms with E-state index in [0.717, 1.165) is 19.5 Å². The molecule has 0 spiro atoms. The molecule has 1 atom stereocenters. The maximum absolute atomic E-state index is 12.4. The lowest BCUT2D eigenvalue weighted by atomic mass is 9.99. The van der Waals surface area contributed by atoms with E-state index in [1.807, 2.05) is 13.0 Å². The molecule has 124 valence electrons. The van der Waals surface area contributed by atoms with Crippen LogP contribution in [0, 0.1) is 0 Å². The molecule has 0 radical (unpaired) electrons. The first kappa shape index (κ1) is 16.7. The highest BCUT2D eigenvalue weighted by atomic mass is 35.5. The van der Waals surface area contributed by atoms with E-state index in [4.69, 9.17) is 11.6 Å². The molecule has 1 aromatic carbocycles. The molecule has 1 aromatic heterocycles. The number of nitrogens with zero attached hydrogens (tertiary/aromatic N) is 2. The van der Waals surface area contributed by atoms with Crippen LogP contribution in [0.5, 0.6) is 0 Å². The van der Waals surface area contributed by atoms with E-state index < -0.39 is 0 Å². The van der Waals surface area contributed by atoms with Crippen LogP contribution in [0.4, 0.5) is 5.82 Å². The van der Waals surface area contributed by atoms with Gasteiger partial charge in [0.05, 0.1) is 11.1 Å². The maximum Gasteiger partial charge on any atom is 0.242 e. The SMILES string of the molecule is C[C@H](C(=O)Nc1ccc(Cl)cn1)N1CC=C(c2ccccc2)CC1. The quantitative estimate of drug-likeness (QED) is 0.918. The lowest BCUT2D eigenvalue weighted by Crippen LogP contribution is -2.44. The molecule has 1 aliphatic rings. The smallest absolute Gasteiger partial charge is 0.242 e. The summed E-state index contributed by atoms with van der Waals surface area (Å²) < 4.78 is 0. The van der Waals surface area contributed by atoms with Crippen LogP contribution in [-0.2, 0) is 4.79 Å². The summed E-state index contributed by atoms with van der Waals surface area (Å²) in [7, 11) is 0. The Bertz CT molecular complexity index is 728. The number of rotatable bonds is 4. The van der Waals surface area contributed by atoms with Crippen molar-refractivity contribution in [2.24, 2.45) is 0 Å². The first-order chi connectivity index (χ1) is 11.6. The number of halogens is 1. The van der Waals surface area contributed by atoms with Gasteiger partial charge in [0.15, 0.2) is 0 Å². The Hall–Kier alpha value is -2.17. The molecule has 0 unspecified atom stereocenters. The first-order valence-electron chi connectivity index (χ1n) is 8.04. The van der Waals surface area contributed by atoms with Crippen molar-refractivity contribution in [3.63, 3.8) is 0 Å². The van der Waals surface area contributed by atoms with Crippen molar-refractivity contribution in [1.82, 2.24) is 9.88 Å². The average molecular weight is 342 g/mol. The summed E-state index contributed by atoms with van der Waals surface area (Å²) >= 11 is 5.81. The Balaban J connectivity index is 1.60. The molecule has 3 rings (SSSR count). The number of hydrogen-bond acceptors (Lipinski definition) is 3. The van der Waals surface area contributed by atoms with Crippen molar-refractivity contribution in [2.75, 3.05) is 18.4 Å². The van der Waals surface area contributed by atoms with Gasteiger partial charge in [0.2, 0.25) is 5.91 Å². The van der Waals surface area contributed by atoms with Crippen molar-refractivity contribution in [3.8, 4) is 0 Å². The molecule has 0 saturated carbocycles. The fourth-order valence-electron chi connectivity index (χ4n) is 2.80. The van der Waals surface area contributed by atoms with Gasteiger partial charge in [0, 0.05) is 19.3 Å². The standard InChI is InChI=1S/C19H20ClN3O/c1-14(19(24)22-18-8-7-17(20)13-21-18)23-11-9-16(10-12-23)15-5-3-2-4-6-15/h2-9,13-14H,10-12H2,1H3,(H,21,22,24)/t14-/m1/s1. The molecule has 24 heavy (non-hydrogen) atoms. The molecule has 0 bridgehead atoms. The molecule has 2 aromatic rings. The van der Waals surface area contributed by atoms with Crippen molar-refractivity contribution >= 4 is 28.9 Å². The third-order valence-electron chi connectivity index (χ3n) is 4.29. The lowest BCUT2D eigenvalue weighted by molar-refractivity contribution is -0.120. The normalized spacial score (nSPS) is 16.3. The zero-order chi connectivity index (χ0) is 16.9. The zero-order valence-corrected chi connectivity index (χ0v) is 14.3. The molecule has 0 aliphatic carbocycles. The average Bonchev–Trinajstić information content (AvgIpc) is 2.64. The third kappa shape index (κ3) is 4.02. The van der Waals surface area contributed by atoms with E-state index in [1.165, 1.54) is 17.3 Å². The fraction of sp³-hybridized carbons (Fsp3) is 0.263. The van der Waals surface area contributed by atoms with Crippen molar-refractivity contribution in [3.05, 3.63) is 65.3 Å².